The standard InChI is InChI=1S/C25H33N3O4/c1-15(2)31-19-13-27(14-19)21-5-4-6-23(21)32-18-8-9-20-17(11-18)12-28(25(20)30)22-10-7-16(3)26-24(22)29/h8-9,11,15,19,21-23H,3-7,10,12-14H2,1-2H3,(H,26,29)/t21-,22?,23+/m1/s1. The van der Waals surface area contributed by atoms with E-state index in [2.05, 4.69) is 30.6 Å². The second kappa shape index (κ2) is 8.52. The van der Waals surface area contributed by atoms with Gasteiger partial charge in [0.15, 0.2) is 0 Å². The van der Waals surface area contributed by atoms with E-state index in [4.69, 9.17) is 9.47 Å². The van der Waals surface area contributed by atoms with Gasteiger partial charge < -0.3 is 19.7 Å². The maximum absolute atomic E-state index is 12.9. The lowest BCUT2D eigenvalue weighted by Crippen LogP contribution is -2.59. The van der Waals surface area contributed by atoms with Crippen LogP contribution in [0.4, 0.5) is 0 Å². The van der Waals surface area contributed by atoms with Crippen LogP contribution in [0, 0.1) is 0 Å². The number of benzene rings is 1. The Labute approximate surface area is 189 Å². The third-order valence-corrected chi connectivity index (χ3v) is 7.12. The number of likely N-dealkylation sites (tertiary alicyclic amines) is 1. The number of nitrogens with one attached hydrogen (secondary N) is 1. The molecular weight excluding hydrogens is 406 g/mol. The molecule has 1 saturated carbocycles. The summed E-state index contributed by atoms with van der Waals surface area (Å²) in [6.45, 7) is 10.4. The second-order valence-electron chi connectivity index (χ2n) is 9.81. The summed E-state index contributed by atoms with van der Waals surface area (Å²) in [7, 11) is 0. The largest absolute Gasteiger partial charge is 0.489 e. The number of fused-ring (bicyclic) bond motifs is 1. The molecule has 7 heteroatoms. The van der Waals surface area contributed by atoms with E-state index in [0.717, 1.165) is 42.9 Å². The van der Waals surface area contributed by atoms with Crippen LogP contribution in [-0.2, 0) is 16.1 Å². The number of amides is 2. The van der Waals surface area contributed by atoms with E-state index in [1.54, 1.807) is 4.90 Å². The second-order valence-corrected chi connectivity index (χ2v) is 9.81. The smallest absolute Gasteiger partial charge is 0.255 e. The third-order valence-electron chi connectivity index (χ3n) is 7.12. The Hall–Kier alpha value is -2.38. The van der Waals surface area contributed by atoms with Crippen LogP contribution >= 0.6 is 0 Å². The predicted molar refractivity (Wildman–Crippen MR) is 120 cm³/mol. The molecule has 1 aliphatic carbocycles. The highest BCUT2D eigenvalue weighted by Crippen LogP contribution is 2.35. The van der Waals surface area contributed by atoms with Gasteiger partial charge >= 0.3 is 0 Å². The summed E-state index contributed by atoms with van der Waals surface area (Å²) in [5.74, 6) is 0.601. The van der Waals surface area contributed by atoms with Crippen LogP contribution in [0.25, 0.3) is 0 Å². The zero-order valence-corrected chi connectivity index (χ0v) is 19.0. The summed E-state index contributed by atoms with van der Waals surface area (Å²) >= 11 is 0. The molecule has 0 spiro atoms. The summed E-state index contributed by atoms with van der Waals surface area (Å²) in [4.78, 5) is 29.5. The fourth-order valence-electron chi connectivity index (χ4n) is 5.55. The highest BCUT2D eigenvalue weighted by Gasteiger charge is 2.41. The molecule has 1 N–H and O–H groups in total. The van der Waals surface area contributed by atoms with Crippen molar-refractivity contribution in [2.45, 2.75) is 82.9 Å². The van der Waals surface area contributed by atoms with E-state index in [-0.39, 0.29) is 24.0 Å². The minimum absolute atomic E-state index is 0.0743. The minimum atomic E-state index is -0.434. The molecule has 0 radical (unpaired) electrons. The van der Waals surface area contributed by atoms with Crippen molar-refractivity contribution in [1.29, 1.82) is 0 Å². The number of allylic oxidation sites excluding steroid dienone is 1. The van der Waals surface area contributed by atoms with Crippen LogP contribution in [0.5, 0.6) is 5.75 Å². The van der Waals surface area contributed by atoms with Crippen molar-refractivity contribution >= 4 is 11.8 Å². The van der Waals surface area contributed by atoms with Crippen molar-refractivity contribution in [2.24, 2.45) is 0 Å². The zero-order valence-electron chi connectivity index (χ0n) is 19.0. The Morgan fingerprint density at radius 1 is 1.16 bits per heavy atom. The van der Waals surface area contributed by atoms with E-state index >= 15 is 0 Å². The number of hydrogen-bond acceptors (Lipinski definition) is 5. The van der Waals surface area contributed by atoms with Gasteiger partial charge in [0.1, 0.15) is 17.9 Å². The molecular formula is C25H33N3O4. The Morgan fingerprint density at radius 2 is 1.97 bits per heavy atom. The van der Waals surface area contributed by atoms with E-state index in [1.807, 2.05) is 18.2 Å². The van der Waals surface area contributed by atoms with Crippen LogP contribution in [-0.4, -0.2) is 65.1 Å². The van der Waals surface area contributed by atoms with Gasteiger partial charge in [-0.2, -0.15) is 0 Å². The Kier molecular flexibility index (Phi) is 5.72. The summed E-state index contributed by atoms with van der Waals surface area (Å²) in [5, 5.41) is 2.79. The lowest BCUT2D eigenvalue weighted by atomic mass is 10.0. The first-order valence-corrected chi connectivity index (χ1v) is 11.9. The van der Waals surface area contributed by atoms with Crippen molar-refractivity contribution < 1.29 is 19.1 Å². The summed E-state index contributed by atoms with van der Waals surface area (Å²) in [5.41, 5.74) is 2.34. The molecule has 5 rings (SSSR count). The topological polar surface area (TPSA) is 71.1 Å². The molecule has 1 aromatic carbocycles. The SMILES string of the molecule is C=C1CCC(N2Cc3cc(O[C@H]4CCC[C@H]4N4CC(OC(C)C)C4)ccc3C2=O)C(=O)N1. The monoisotopic (exact) mass is 439 g/mol. The van der Waals surface area contributed by atoms with Gasteiger partial charge in [0.25, 0.3) is 5.91 Å². The highest BCUT2D eigenvalue weighted by molar-refractivity contribution is 6.01. The van der Waals surface area contributed by atoms with Crippen LogP contribution in [0.3, 0.4) is 0 Å². The van der Waals surface area contributed by atoms with Crippen molar-refractivity contribution in [2.75, 3.05) is 13.1 Å². The zero-order chi connectivity index (χ0) is 22.4. The van der Waals surface area contributed by atoms with Crippen molar-refractivity contribution in [1.82, 2.24) is 15.1 Å². The molecule has 3 aliphatic heterocycles. The summed E-state index contributed by atoms with van der Waals surface area (Å²) in [6.07, 6.45) is 5.45. The number of rotatable bonds is 6. The lowest BCUT2D eigenvalue weighted by Gasteiger charge is -2.45. The molecule has 0 bridgehead atoms. The van der Waals surface area contributed by atoms with E-state index in [9.17, 15) is 9.59 Å². The molecule has 2 amide bonds. The molecule has 3 heterocycles. The van der Waals surface area contributed by atoms with Crippen molar-refractivity contribution in [3.63, 3.8) is 0 Å². The minimum Gasteiger partial charge on any atom is -0.489 e. The maximum Gasteiger partial charge on any atom is 0.255 e. The molecule has 7 nitrogen and oxygen atoms in total. The summed E-state index contributed by atoms with van der Waals surface area (Å²) < 4.78 is 12.3. The highest BCUT2D eigenvalue weighted by atomic mass is 16.5. The molecule has 1 aromatic rings. The number of ether oxygens (including phenoxy) is 2. The average molecular weight is 440 g/mol. The van der Waals surface area contributed by atoms with Gasteiger partial charge in [-0.1, -0.05) is 6.58 Å². The van der Waals surface area contributed by atoms with Crippen LogP contribution < -0.4 is 10.1 Å². The van der Waals surface area contributed by atoms with Gasteiger partial charge in [0.05, 0.1) is 12.2 Å². The normalized spacial score (nSPS) is 28.8. The number of nitrogens with zero attached hydrogens (tertiary/aromatic N) is 2. The fraction of sp³-hybridized carbons (Fsp3) is 0.600. The Balaban J connectivity index is 1.23. The maximum atomic E-state index is 12.9. The van der Waals surface area contributed by atoms with Crippen LogP contribution in [0.1, 0.15) is 61.9 Å². The Morgan fingerprint density at radius 3 is 2.72 bits per heavy atom. The van der Waals surface area contributed by atoms with Crippen LogP contribution in [0.2, 0.25) is 0 Å². The van der Waals surface area contributed by atoms with Gasteiger partial charge in [0, 0.05) is 36.9 Å². The van der Waals surface area contributed by atoms with Gasteiger partial charge in [-0.05, 0) is 69.7 Å². The molecule has 4 aliphatic rings. The molecule has 172 valence electrons. The third kappa shape index (κ3) is 4.04. The van der Waals surface area contributed by atoms with Crippen molar-refractivity contribution in [3.8, 4) is 5.75 Å². The van der Waals surface area contributed by atoms with Gasteiger partial charge in [-0.25, -0.2) is 0 Å². The van der Waals surface area contributed by atoms with Crippen LogP contribution in [0.15, 0.2) is 30.5 Å². The first-order chi connectivity index (χ1) is 15.4. The lowest BCUT2D eigenvalue weighted by molar-refractivity contribution is -0.126. The molecule has 1 unspecified atom stereocenters. The summed E-state index contributed by atoms with van der Waals surface area (Å²) in [6, 6.07) is 5.73. The molecule has 3 fully saturated rings. The van der Waals surface area contributed by atoms with Gasteiger partial charge in [-0.3, -0.25) is 14.5 Å². The molecule has 32 heavy (non-hydrogen) atoms. The van der Waals surface area contributed by atoms with Gasteiger partial charge in [0.2, 0.25) is 5.91 Å². The fourth-order valence-corrected chi connectivity index (χ4v) is 5.55. The molecule has 3 atom stereocenters. The number of hydrogen-bond donors (Lipinski definition) is 1. The number of carbonyl (C=O) groups is 2. The van der Waals surface area contributed by atoms with E-state index in [0.29, 0.717) is 37.1 Å². The number of carbonyl (C=O) groups excluding carboxylic acids is 2. The quantitative estimate of drug-likeness (QED) is 0.738. The van der Waals surface area contributed by atoms with Gasteiger partial charge in [-0.15, -0.1) is 0 Å². The predicted octanol–water partition coefficient (Wildman–Crippen LogP) is 2.84. The van der Waals surface area contributed by atoms with E-state index in [1.165, 1.54) is 6.42 Å². The first-order valence-electron chi connectivity index (χ1n) is 11.9. The molecule has 2 saturated heterocycles. The van der Waals surface area contributed by atoms with Crippen molar-refractivity contribution in [3.05, 3.63) is 41.6 Å². The number of piperidine rings is 1. The van der Waals surface area contributed by atoms with E-state index < -0.39 is 6.04 Å². The Bertz CT molecular complexity index is 924. The first kappa shape index (κ1) is 21.5. The average Bonchev–Trinajstić information content (AvgIpc) is 3.28. The molecule has 0 aromatic heterocycles.